The zero-order valence-electron chi connectivity index (χ0n) is 12.9. The molecular formula is C17H17BrClNO2S2. The molecule has 1 unspecified atom stereocenters. The second-order valence-electron chi connectivity index (χ2n) is 5.53. The number of nitrogens with zero attached hydrogens (tertiary/aromatic N) is 1. The third kappa shape index (κ3) is 3.99. The van der Waals surface area contributed by atoms with Crippen LogP contribution < -0.4 is 0 Å². The van der Waals surface area contributed by atoms with E-state index in [0.717, 1.165) is 27.2 Å². The lowest BCUT2D eigenvalue weighted by atomic mass is 10.1. The van der Waals surface area contributed by atoms with E-state index in [1.165, 1.54) is 0 Å². The van der Waals surface area contributed by atoms with Crippen LogP contribution in [0.3, 0.4) is 0 Å². The minimum Gasteiger partial charge on any atom is -0.207 e. The summed E-state index contributed by atoms with van der Waals surface area (Å²) in [5.41, 5.74) is 1.09. The standard InChI is InChI=1S/C17H17BrClNO2S2/c18-13-5-7-14(8-6-13)24(21,22)20-10-9-17(23-12-11-20)15-3-1-2-4-16(15)19/h1-8,17H,9-12H2. The summed E-state index contributed by atoms with van der Waals surface area (Å²) in [5, 5.41) is 0.975. The second-order valence-corrected chi connectivity index (χ2v) is 10.1. The summed E-state index contributed by atoms with van der Waals surface area (Å²) in [5.74, 6) is 0.756. The van der Waals surface area contributed by atoms with Crippen molar-refractivity contribution in [2.45, 2.75) is 16.6 Å². The molecule has 0 bridgehead atoms. The van der Waals surface area contributed by atoms with Gasteiger partial charge in [0.25, 0.3) is 0 Å². The smallest absolute Gasteiger partial charge is 0.207 e. The molecule has 7 heteroatoms. The molecule has 0 saturated carbocycles. The van der Waals surface area contributed by atoms with E-state index in [0.29, 0.717) is 18.0 Å². The van der Waals surface area contributed by atoms with E-state index in [1.807, 2.05) is 24.3 Å². The third-order valence-electron chi connectivity index (χ3n) is 4.00. The minimum absolute atomic E-state index is 0.226. The fourth-order valence-corrected chi connectivity index (χ4v) is 6.17. The number of rotatable bonds is 3. The summed E-state index contributed by atoms with van der Waals surface area (Å²) < 4.78 is 28.1. The van der Waals surface area contributed by atoms with E-state index in [1.54, 1.807) is 40.3 Å². The van der Waals surface area contributed by atoms with Crippen LogP contribution >= 0.6 is 39.3 Å². The molecule has 0 spiro atoms. The summed E-state index contributed by atoms with van der Waals surface area (Å²) >= 11 is 11.4. The second kappa shape index (κ2) is 7.79. The zero-order valence-corrected chi connectivity index (χ0v) is 16.8. The third-order valence-corrected chi connectivity index (χ3v) is 8.10. The summed E-state index contributed by atoms with van der Waals surface area (Å²) in [6.45, 7) is 1.02. The fourth-order valence-electron chi connectivity index (χ4n) is 2.73. The molecule has 1 heterocycles. The summed E-state index contributed by atoms with van der Waals surface area (Å²) in [6.07, 6.45) is 0.754. The van der Waals surface area contributed by atoms with Crippen molar-refractivity contribution in [3.05, 3.63) is 63.6 Å². The largest absolute Gasteiger partial charge is 0.243 e. The van der Waals surface area contributed by atoms with Crippen molar-refractivity contribution < 1.29 is 8.42 Å². The van der Waals surface area contributed by atoms with Gasteiger partial charge in [-0.25, -0.2) is 8.42 Å². The maximum Gasteiger partial charge on any atom is 0.243 e. The van der Waals surface area contributed by atoms with Crippen LogP contribution in [0.2, 0.25) is 5.02 Å². The van der Waals surface area contributed by atoms with E-state index in [2.05, 4.69) is 15.9 Å². The molecule has 2 aromatic carbocycles. The van der Waals surface area contributed by atoms with Crippen LogP contribution in [0.1, 0.15) is 17.2 Å². The Bertz CT molecular complexity index is 812. The minimum atomic E-state index is -3.45. The van der Waals surface area contributed by atoms with Gasteiger partial charge in [0.1, 0.15) is 0 Å². The number of thioether (sulfide) groups is 1. The molecule has 1 fully saturated rings. The van der Waals surface area contributed by atoms with Gasteiger partial charge in [-0.2, -0.15) is 16.1 Å². The molecule has 24 heavy (non-hydrogen) atoms. The molecule has 3 nitrogen and oxygen atoms in total. The highest BCUT2D eigenvalue weighted by molar-refractivity contribution is 9.10. The molecule has 1 saturated heterocycles. The van der Waals surface area contributed by atoms with E-state index in [-0.39, 0.29) is 5.25 Å². The Hall–Kier alpha value is -0.530. The van der Waals surface area contributed by atoms with E-state index in [9.17, 15) is 8.42 Å². The molecule has 0 amide bonds. The van der Waals surface area contributed by atoms with Gasteiger partial charge >= 0.3 is 0 Å². The molecule has 1 atom stereocenters. The van der Waals surface area contributed by atoms with Crippen LogP contribution in [0.15, 0.2) is 57.9 Å². The van der Waals surface area contributed by atoms with Gasteiger partial charge in [-0.05, 0) is 42.3 Å². The Morgan fingerprint density at radius 3 is 2.50 bits per heavy atom. The van der Waals surface area contributed by atoms with Crippen molar-refractivity contribution in [2.24, 2.45) is 0 Å². The summed E-state index contributed by atoms with van der Waals surface area (Å²) in [7, 11) is -3.45. The first-order chi connectivity index (χ1) is 11.5. The zero-order chi connectivity index (χ0) is 17.2. The first-order valence-electron chi connectivity index (χ1n) is 7.60. The van der Waals surface area contributed by atoms with Crippen molar-refractivity contribution in [3.63, 3.8) is 0 Å². The normalized spacial score (nSPS) is 19.8. The first-order valence-corrected chi connectivity index (χ1v) is 11.3. The predicted octanol–water partition coefficient (Wildman–Crippen LogP) is 4.97. The molecular weight excluding hydrogens is 430 g/mol. The van der Waals surface area contributed by atoms with Crippen molar-refractivity contribution in [1.82, 2.24) is 4.31 Å². The number of hydrogen-bond acceptors (Lipinski definition) is 3. The van der Waals surface area contributed by atoms with Crippen molar-refractivity contribution >= 4 is 49.3 Å². The Kier molecular flexibility index (Phi) is 5.93. The monoisotopic (exact) mass is 445 g/mol. The quantitative estimate of drug-likeness (QED) is 0.668. The lowest BCUT2D eigenvalue weighted by molar-refractivity contribution is 0.428. The topological polar surface area (TPSA) is 37.4 Å². The SMILES string of the molecule is O=S(=O)(c1ccc(Br)cc1)N1CCSC(c2ccccc2Cl)CC1. The summed E-state index contributed by atoms with van der Waals surface area (Å²) in [6, 6.07) is 14.6. The van der Waals surface area contributed by atoms with Crippen LogP contribution in [-0.4, -0.2) is 31.6 Å². The Balaban J connectivity index is 1.78. The Morgan fingerprint density at radius 1 is 1.08 bits per heavy atom. The van der Waals surface area contributed by atoms with Crippen molar-refractivity contribution in [2.75, 3.05) is 18.8 Å². The van der Waals surface area contributed by atoms with Crippen LogP contribution in [0.4, 0.5) is 0 Å². The van der Waals surface area contributed by atoms with Crippen molar-refractivity contribution in [3.8, 4) is 0 Å². The molecule has 0 N–H and O–H groups in total. The highest BCUT2D eigenvalue weighted by Gasteiger charge is 2.28. The highest BCUT2D eigenvalue weighted by atomic mass is 79.9. The fraction of sp³-hybridized carbons (Fsp3) is 0.294. The van der Waals surface area contributed by atoms with Gasteiger partial charge in [0, 0.05) is 33.6 Å². The molecule has 0 radical (unpaired) electrons. The van der Waals surface area contributed by atoms with Gasteiger partial charge in [0.2, 0.25) is 10.0 Å². The molecule has 128 valence electrons. The number of sulfonamides is 1. The van der Waals surface area contributed by atoms with E-state index in [4.69, 9.17) is 11.6 Å². The van der Waals surface area contributed by atoms with Crippen LogP contribution in [0.25, 0.3) is 0 Å². The average molecular weight is 447 g/mol. The first kappa shape index (κ1) is 18.3. The molecule has 0 aliphatic carbocycles. The number of hydrogen-bond donors (Lipinski definition) is 0. The molecule has 1 aliphatic rings. The Morgan fingerprint density at radius 2 is 1.79 bits per heavy atom. The lowest BCUT2D eigenvalue weighted by Gasteiger charge is -2.20. The van der Waals surface area contributed by atoms with Crippen molar-refractivity contribution in [1.29, 1.82) is 0 Å². The van der Waals surface area contributed by atoms with Crippen LogP contribution in [-0.2, 0) is 10.0 Å². The Labute approximate surface area is 160 Å². The summed E-state index contributed by atoms with van der Waals surface area (Å²) in [4.78, 5) is 0.340. The molecule has 0 aromatic heterocycles. The van der Waals surface area contributed by atoms with Gasteiger partial charge in [0.05, 0.1) is 4.90 Å². The lowest BCUT2D eigenvalue weighted by Crippen LogP contribution is -2.33. The number of halogens is 2. The molecule has 3 rings (SSSR count). The number of benzene rings is 2. The maximum absolute atomic E-state index is 12.8. The molecule has 1 aliphatic heterocycles. The van der Waals surface area contributed by atoms with Gasteiger partial charge < -0.3 is 0 Å². The van der Waals surface area contributed by atoms with Gasteiger partial charge in [0.15, 0.2) is 0 Å². The van der Waals surface area contributed by atoms with Gasteiger partial charge in [-0.3, -0.25) is 0 Å². The van der Waals surface area contributed by atoms with Crippen LogP contribution in [0.5, 0.6) is 0 Å². The predicted molar refractivity (Wildman–Crippen MR) is 104 cm³/mol. The maximum atomic E-state index is 12.8. The van der Waals surface area contributed by atoms with E-state index < -0.39 is 10.0 Å². The van der Waals surface area contributed by atoms with Gasteiger partial charge in [-0.15, -0.1) is 0 Å². The van der Waals surface area contributed by atoms with Gasteiger partial charge in [-0.1, -0.05) is 45.7 Å². The van der Waals surface area contributed by atoms with Crippen LogP contribution in [0, 0.1) is 0 Å². The average Bonchev–Trinajstić information content (AvgIpc) is 2.82. The van der Waals surface area contributed by atoms with E-state index >= 15 is 0 Å². The highest BCUT2D eigenvalue weighted by Crippen LogP contribution is 2.38. The molecule has 2 aromatic rings.